The minimum absolute atomic E-state index is 0.199. The molecule has 0 bridgehead atoms. The third-order valence-electron chi connectivity index (χ3n) is 3.69. The van der Waals surface area contributed by atoms with Gasteiger partial charge in [-0.3, -0.25) is 0 Å². The molecule has 0 fully saturated rings. The van der Waals surface area contributed by atoms with E-state index in [0.29, 0.717) is 15.8 Å². The molecule has 0 amide bonds. The zero-order valence-electron chi connectivity index (χ0n) is 13.6. The molecule has 0 saturated heterocycles. The third-order valence-corrected chi connectivity index (χ3v) is 4.65. The topological polar surface area (TPSA) is 55.6 Å². The van der Waals surface area contributed by atoms with Crippen molar-refractivity contribution >= 4 is 22.2 Å². The van der Waals surface area contributed by atoms with Crippen LogP contribution in [0.2, 0.25) is 0 Å². The fourth-order valence-corrected chi connectivity index (χ4v) is 3.47. The predicted molar refractivity (Wildman–Crippen MR) is 96.8 cm³/mol. The van der Waals surface area contributed by atoms with Crippen LogP contribution in [0.1, 0.15) is 5.56 Å². The quantitative estimate of drug-likeness (QED) is 0.565. The Morgan fingerprint density at radius 1 is 1.12 bits per heavy atom. The van der Waals surface area contributed by atoms with E-state index in [4.69, 9.17) is 0 Å². The standard InChI is InChI=1S/C18H13F2N5S/c1-11-3-2-4-13(7-11)23-18-24-16(14-6-5-12(19)8-15(14)20)17(26-18)25-10-21-9-22-25/h2-10H,1H3,(H,23,24). The van der Waals surface area contributed by atoms with Gasteiger partial charge < -0.3 is 5.32 Å². The van der Waals surface area contributed by atoms with Crippen LogP contribution in [-0.4, -0.2) is 19.7 Å². The van der Waals surface area contributed by atoms with Crippen LogP contribution in [-0.2, 0) is 0 Å². The molecule has 0 radical (unpaired) electrons. The van der Waals surface area contributed by atoms with Gasteiger partial charge in [0.2, 0.25) is 0 Å². The fraction of sp³-hybridized carbons (Fsp3) is 0.0556. The number of nitrogens with one attached hydrogen (secondary N) is 1. The number of thiazole rings is 1. The van der Waals surface area contributed by atoms with Crippen molar-refractivity contribution in [3.8, 4) is 16.3 Å². The third kappa shape index (κ3) is 3.18. The summed E-state index contributed by atoms with van der Waals surface area (Å²) in [5.74, 6) is -1.32. The molecule has 2 aromatic carbocycles. The maximum atomic E-state index is 14.3. The zero-order valence-corrected chi connectivity index (χ0v) is 14.5. The van der Waals surface area contributed by atoms with Gasteiger partial charge in [-0.15, -0.1) is 0 Å². The highest BCUT2D eigenvalue weighted by atomic mass is 32.1. The van der Waals surface area contributed by atoms with E-state index in [9.17, 15) is 8.78 Å². The number of benzene rings is 2. The van der Waals surface area contributed by atoms with Gasteiger partial charge in [0.1, 0.15) is 35.0 Å². The molecule has 0 unspecified atom stereocenters. The molecule has 4 rings (SSSR count). The molecule has 8 heteroatoms. The van der Waals surface area contributed by atoms with Gasteiger partial charge in [0.25, 0.3) is 0 Å². The highest BCUT2D eigenvalue weighted by Crippen LogP contribution is 2.36. The van der Waals surface area contributed by atoms with E-state index in [2.05, 4.69) is 20.4 Å². The average molecular weight is 369 g/mol. The summed E-state index contributed by atoms with van der Waals surface area (Å²) in [4.78, 5) is 8.44. The molecular formula is C18H13F2N5S. The van der Waals surface area contributed by atoms with Crippen molar-refractivity contribution in [2.75, 3.05) is 5.32 Å². The smallest absolute Gasteiger partial charge is 0.189 e. The van der Waals surface area contributed by atoms with E-state index in [-0.39, 0.29) is 5.56 Å². The molecule has 4 aromatic rings. The van der Waals surface area contributed by atoms with E-state index >= 15 is 0 Å². The van der Waals surface area contributed by atoms with Gasteiger partial charge in [0.05, 0.1) is 0 Å². The lowest BCUT2D eigenvalue weighted by molar-refractivity contribution is 0.585. The minimum atomic E-state index is -0.682. The van der Waals surface area contributed by atoms with E-state index in [1.165, 1.54) is 40.8 Å². The van der Waals surface area contributed by atoms with Crippen LogP contribution in [0.4, 0.5) is 19.6 Å². The van der Waals surface area contributed by atoms with Gasteiger partial charge in [-0.05, 0) is 36.8 Å². The molecule has 0 aliphatic rings. The summed E-state index contributed by atoms with van der Waals surface area (Å²) in [6.45, 7) is 1.99. The van der Waals surface area contributed by atoms with Gasteiger partial charge in [-0.2, -0.15) is 5.10 Å². The molecule has 0 saturated carbocycles. The number of aromatic nitrogens is 4. The van der Waals surface area contributed by atoms with E-state index in [0.717, 1.165) is 17.3 Å². The zero-order chi connectivity index (χ0) is 18.1. The van der Waals surface area contributed by atoms with Crippen LogP contribution >= 0.6 is 11.3 Å². The Hall–Kier alpha value is -3.13. The molecule has 2 aromatic heterocycles. The van der Waals surface area contributed by atoms with Gasteiger partial charge in [-0.25, -0.2) is 23.4 Å². The Kier molecular flexibility index (Phi) is 4.18. The molecule has 2 heterocycles. The summed E-state index contributed by atoms with van der Waals surface area (Å²) >= 11 is 1.30. The number of nitrogens with zero attached hydrogens (tertiary/aromatic N) is 4. The molecule has 0 atom stereocenters. The number of aryl methyl sites for hydroxylation is 1. The molecule has 5 nitrogen and oxygen atoms in total. The van der Waals surface area contributed by atoms with Gasteiger partial charge in [0.15, 0.2) is 5.13 Å². The van der Waals surface area contributed by atoms with Crippen molar-refractivity contribution in [2.45, 2.75) is 6.92 Å². The first kappa shape index (κ1) is 16.3. The van der Waals surface area contributed by atoms with Crippen LogP contribution in [0.5, 0.6) is 0 Å². The second kappa shape index (κ2) is 6.64. The Morgan fingerprint density at radius 2 is 2.00 bits per heavy atom. The largest absolute Gasteiger partial charge is 0.331 e. The first-order chi connectivity index (χ1) is 12.6. The summed E-state index contributed by atoms with van der Waals surface area (Å²) in [5, 5.41) is 8.48. The van der Waals surface area contributed by atoms with Gasteiger partial charge in [-0.1, -0.05) is 23.5 Å². The Balaban J connectivity index is 1.80. The van der Waals surface area contributed by atoms with Crippen molar-refractivity contribution < 1.29 is 8.78 Å². The van der Waals surface area contributed by atoms with Crippen LogP contribution in [0.15, 0.2) is 55.1 Å². The normalized spacial score (nSPS) is 10.9. The van der Waals surface area contributed by atoms with Gasteiger partial charge in [0, 0.05) is 17.3 Å². The summed E-state index contributed by atoms with van der Waals surface area (Å²) in [5.41, 5.74) is 2.54. The van der Waals surface area contributed by atoms with Crippen molar-refractivity contribution in [1.29, 1.82) is 0 Å². The number of hydrogen-bond donors (Lipinski definition) is 1. The fourth-order valence-electron chi connectivity index (χ4n) is 2.54. The Labute approximate surface area is 152 Å². The number of halogens is 2. The highest BCUT2D eigenvalue weighted by molar-refractivity contribution is 7.18. The minimum Gasteiger partial charge on any atom is -0.331 e. The van der Waals surface area contributed by atoms with E-state index in [1.807, 2.05) is 31.2 Å². The first-order valence-corrected chi connectivity index (χ1v) is 8.57. The van der Waals surface area contributed by atoms with Crippen molar-refractivity contribution in [1.82, 2.24) is 19.7 Å². The molecule has 130 valence electrons. The van der Waals surface area contributed by atoms with Crippen LogP contribution in [0.25, 0.3) is 16.3 Å². The highest BCUT2D eigenvalue weighted by Gasteiger charge is 2.19. The second-order valence-corrected chi connectivity index (χ2v) is 6.61. The molecule has 1 N–H and O–H groups in total. The maximum Gasteiger partial charge on any atom is 0.189 e. The summed E-state index contributed by atoms with van der Waals surface area (Å²) in [7, 11) is 0. The lowest BCUT2D eigenvalue weighted by Gasteiger charge is -2.03. The van der Waals surface area contributed by atoms with E-state index in [1.54, 1.807) is 0 Å². The lowest BCUT2D eigenvalue weighted by atomic mass is 10.1. The van der Waals surface area contributed by atoms with Gasteiger partial charge >= 0.3 is 0 Å². The van der Waals surface area contributed by atoms with Crippen LogP contribution in [0.3, 0.4) is 0 Å². The lowest BCUT2D eigenvalue weighted by Crippen LogP contribution is -1.96. The number of rotatable bonds is 4. The summed E-state index contributed by atoms with van der Waals surface area (Å²) in [6, 6.07) is 11.2. The Bertz CT molecular complexity index is 1060. The molecule has 26 heavy (non-hydrogen) atoms. The summed E-state index contributed by atoms with van der Waals surface area (Å²) in [6.07, 6.45) is 2.90. The summed E-state index contributed by atoms with van der Waals surface area (Å²) < 4.78 is 29.1. The van der Waals surface area contributed by atoms with Crippen LogP contribution < -0.4 is 5.32 Å². The van der Waals surface area contributed by atoms with Crippen molar-refractivity contribution in [3.05, 3.63) is 72.3 Å². The number of hydrogen-bond acceptors (Lipinski definition) is 5. The van der Waals surface area contributed by atoms with Crippen molar-refractivity contribution in [2.24, 2.45) is 0 Å². The monoisotopic (exact) mass is 369 g/mol. The predicted octanol–water partition coefficient (Wildman–Crippen LogP) is 4.72. The number of anilines is 2. The SMILES string of the molecule is Cc1cccc(Nc2nc(-c3ccc(F)cc3F)c(-n3cncn3)s2)c1. The van der Waals surface area contributed by atoms with E-state index < -0.39 is 11.6 Å². The van der Waals surface area contributed by atoms with Crippen molar-refractivity contribution in [3.63, 3.8) is 0 Å². The van der Waals surface area contributed by atoms with Crippen LogP contribution in [0, 0.1) is 18.6 Å². The molecule has 0 aliphatic carbocycles. The maximum absolute atomic E-state index is 14.3. The molecular weight excluding hydrogens is 356 g/mol. The average Bonchev–Trinajstić information content (AvgIpc) is 3.24. The second-order valence-electron chi connectivity index (χ2n) is 5.63. The molecule has 0 aliphatic heterocycles. The Morgan fingerprint density at radius 3 is 2.73 bits per heavy atom. The first-order valence-electron chi connectivity index (χ1n) is 7.75. The molecule has 0 spiro atoms.